The summed E-state index contributed by atoms with van der Waals surface area (Å²) >= 11 is 0. The normalized spacial score (nSPS) is 11.6. The Morgan fingerprint density at radius 1 is 1.14 bits per heavy atom. The standard InChI is InChI=1S/C20H31N5O2.HI/c1-7-21-19(22-13-16-10-11-24-25(16)4)23-14-20(2,3)15-8-9-17(26-5)18(12-15)27-6;/h8-12H,7,13-14H2,1-6H3,(H2,21,22,23);1H. The van der Waals surface area contributed by atoms with Gasteiger partial charge in [-0.2, -0.15) is 5.10 Å². The summed E-state index contributed by atoms with van der Waals surface area (Å²) in [6.07, 6.45) is 1.78. The molecular formula is C20H32IN5O2. The van der Waals surface area contributed by atoms with Crippen molar-refractivity contribution in [2.45, 2.75) is 32.7 Å². The van der Waals surface area contributed by atoms with Gasteiger partial charge in [-0.15, -0.1) is 24.0 Å². The fourth-order valence-electron chi connectivity index (χ4n) is 2.72. The summed E-state index contributed by atoms with van der Waals surface area (Å²) in [4.78, 5) is 4.66. The van der Waals surface area contributed by atoms with E-state index in [0.29, 0.717) is 6.54 Å². The molecule has 0 bridgehead atoms. The largest absolute Gasteiger partial charge is 0.493 e. The van der Waals surface area contributed by atoms with E-state index in [9.17, 15) is 0 Å². The lowest BCUT2D eigenvalue weighted by Gasteiger charge is -2.27. The second-order valence-corrected chi connectivity index (χ2v) is 6.95. The van der Waals surface area contributed by atoms with E-state index in [1.165, 1.54) is 0 Å². The highest BCUT2D eigenvalue weighted by atomic mass is 127. The van der Waals surface area contributed by atoms with Crippen LogP contribution in [0.4, 0.5) is 0 Å². The lowest BCUT2D eigenvalue weighted by Crippen LogP contribution is -2.43. The number of nitrogens with zero attached hydrogens (tertiary/aromatic N) is 3. The van der Waals surface area contributed by atoms with Crippen LogP contribution in [0.25, 0.3) is 0 Å². The van der Waals surface area contributed by atoms with Gasteiger partial charge in [0.1, 0.15) is 0 Å². The molecule has 8 heteroatoms. The van der Waals surface area contributed by atoms with E-state index in [2.05, 4.69) is 47.6 Å². The third kappa shape index (κ3) is 6.29. The fraction of sp³-hybridized carbons (Fsp3) is 0.500. The van der Waals surface area contributed by atoms with E-state index < -0.39 is 0 Å². The molecule has 28 heavy (non-hydrogen) atoms. The van der Waals surface area contributed by atoms with Crippen molar-refractivity contribution < 1.29 is 9.47 Å². The van der Waals surface area contributed by atoms with Crippen molar-refractivity contribution in [2.24, 2.45) is 12.0 Å². The zero-order valence-electron chi connectivity index (χ0n) is 17.6. The molecule has 0 amide bonds. The average molecular weight is 501 g/mol. The predicted molar refractivity (Wildman–Crippen MR) is 124 cm³/mol. The summed E-state index contributed by atoms with van der Waals surface area (Å²) < 4.78 is 12.6. The summed E-state index contributed by atoms with van der Waals surface area (Å²) in [6, 6.07) is 8.02. The molecule has 0 aliphatic rings. The molecule has 0 radical (unpaired) electrons. The molecular weight excluding hydrogens is 469 g/mol. The van der Waals surface area contributed by atoms with Gasteiger partial charge in [-0.1, -0.05) is 19.9 Å². The number of hydrogen-bond donors (Lipinski definition) is 2. The van der Waals surface area contributed by atoms with Crippen molar-refractivity contribution in [1.82, 2.24) is 20.4 Å². The number of halogens is 1. The van der Waals surface area contributed by atoms with Gasteiger partial charge in [0.15, 0.2) is 17.5 Å². The van der Waals surface area contributed by atoms with E-state index in [1.54, 1.807) is 20.4 Å². The molecule has 2 rings (SSSR count). The van der Waals surface area contributed by atoms with Crippen molar-refractivity contribution in [3.8, 4) is 11.5 Å². The van der Waals surface area contributed by atoms with E-state index in [1.807, 2.05) is 29.9 Å². The Morgan fingerprint density at radius 2 is 1.86 bits per heavy atom. The van der Waals surface area contributed by atoms with Gasteiger partial charge in [0, 0.05) is 31.7 Å². The zero-order valence-corrected chi connectivity index (χ0v) is 19.9. The second kappa shape index (κ2) is 11.1. The Hall–Kier alpha value is -1.97. The summed E-state index contributed by atoms with van der Waals surface area (Å²) in [6.45, 7) is 8.52. The molecule has 2 N–H and O–H groups in total. The van der Waals surface area contributed by atoms with Gasteiger partial charge in [0.2, 0.25) is 0 Å². The van der Waals surface area contributed by atoms with Crippen LogP contribution in [0, 0.1) is 0 Å². The van der Waals surface area contributed by atoms with Gasteiger partial charge < -0.3 is 20.1 Å². The van der Waals surface area contributed by atoms with Crippen LogP contribution in [0.2, 0.25) is 0 Å². The first-order chi connectivity index (χ1) is 12.9. The van der Waals surface area contributed by atoms with E-state index in [4.69, 9.17) is 9.47 Å². The zero-order chi connectivity index (χ0) is 19.9. The minimum atomic E-state index is -0.123. The number of rotatable bonds is 8. The van der Waals surface area contributed by atoms with Crippen LogP contribution in [0.15, 0.2) is 35.5 Å². The molecule has 0 fully saturated rings. The quantitative estimate of drug-likeness (QED) is 0.331. The minimum Gasteiger partial charge on any atom is -0.493 e. The maximum Gasteiger partial charge on any atom is 0.191 e. The predicted octanol–water partition coefficient (Wildman–Crippen LogP) is 3.09. The molecule has 0 atom stereocenters. The first-order valence-electron chi connectivity index (χ1n) is 9.12. The van der Waals surface area contributed by atoms with Crippen LogP contribution >= 0.6 is 24.0 Å². The van der Waals surface area contributed by atoms with Gasteiger partial charge >= 0.3 is 0 Å². The lowest BCUT2D eigenvalue weighted by molar-refractivity contribution is 0.353. The maximum absolute atomic E-state index is 5.44. The van der Waals surface area contributed by atoms with Crippen molar-refractivity contribution in [3.63, 3.8) is 0 Å². The first kappa shape index (κ1) is 24.1. The minimum absolute atomic E-state index is 0. The van der Waals surface area contributed by atoms with Gasteiger partial charge in [-0.05, 0) is 30.7 Å². The summed E-state index contributed by atoms with van der Waals surface area (Å²) in [7, 11) is 5.22. The summed E-state index contributed by atoms with van der Waals surface area (Å²) in [5, 5.41) is 10.9. The summed E-state index contributed by atoms with van der Waals surface area (Å²) in [5.41, 5.74) is 2.10. The van der Waals surface area contributed by atoms with Crippen molar-refractivity contribution in [1.29, 1.82) is 0 Å². The molecule has 1 heterocycles. The SMILES string of the molecule is CCNC(=NCc1ccnn1C)NCC(C)(C)c1ccc(OC)c(OC)c1.I. The molecule has 1 aromatic heterocycles. The highest BCUT2D eigenvalue weighted by molar-refractivity contribution is 14.0. The Morgan fingerprint density at radius 3 is 2.43 bits per heavy atom. The van der Waals surface area contributed by atoms with E-state index >= 15 is 0 Å². The summed E-state index contributed by atoms with van der Waals surface area (Å²) in [5.74, 6) is 2.25. The molecule has 0 unspecified atom stereocenters. The van der Waals surface area contributed by atoms with Crippen LogP contribution < -0.4 is 20.1 Å². The molecule has 7 nitrogen and oxygen atoms in total. The highest BCUT2D eigenvalue weighted by Gasteiger charge is 2.22. The molecule has 0 saturated heterocycles. The number of nitrogens with one attached hydrogen (secondary N) is 2. The third-order valence-electron chi connectivity index (χ3n) is 4.53. The van der Waals surface area contributed by atoms with Gasteiger partial charge in [0.05, 0.1) is 26.5 Å². The van der Waals surface area contributed by atoms with Crippen molar-refractivity contribution in [2.75, 3.05) is 27.3 Å². The molecule has 2 aromatic rings. The number of aryl methyl sites for hydroxylation is 1. The Kier molecular flexibility index (Phi) is 9.57. The Balaban J connectivity index is 0.00000392. The lowest BCUT2D eigenvalue weighted by atomic mass is 9.84. The first-order valence-corrected chi connectivity index (χ1v) is 9.12. The van der Waals surface area contributed by atoms with Gasteiger partial charge in [-0.25, -0.2) is 4.99 Å². The van der Waals surface area contributed by atoms with Crippen LogP contribution in [0.3, 0.4) is 0 Å². The number of methoxy groups -OCH3 is 2. The molecule has 0 aliphatic heterocycles. The monoisotopic (exact) mass is 501 g/mol. The number of hydrogen-bond acceptors (Lipinski definition) is 4. The smallest absolute Gasteiger partial charge is 0.191 e. The van der Waals surface area contributed by atoms with Gasteiger partial charge in [-0.3, -0.25) is 4.68 Å². The molecule has 156 valence electrons. The maximum atomic E-state index is 5.44. The van der Waals surface area contributed by atoms with Crippen LogP contribution in [0.1, 0.15) is 32.0 Å². The highest BCUT2D eigenvalue weighted by Crippen LogP contribution is 2.32. The number of aliphatic imine (C=N–C) groups is 1. The van der Waals surface area contributed by atoms with Gasteiger partial charge in [0.25, 0.3) is 0 Å². The number of benzene rings is 1. The van der Waals surface area contributed by atoms with Crippen molar-refractivity contribution in [3.05, 3.63) is 41.7 Å². The molecule has 0 aliphatic carbocycles. The Labute approximate surface area is 184 Å². The topological polar surface area (TPSA) is 72.7 Å². The van der Waals surface area contributed by atoms with E-state index in [0.717, 1.165) is 41.8 Å². The van der Waals surface area contributed by atoms with Crippen LogP contribution in [-0.4, -0.2) is 43.0 Å². The van der Waals surface area contributed by atoms with E-state index in [-0.39, 0.29) is 29.4 Å². The average Bonchev–Trinajstić information content (AvgIpc) is 3.08. The molecule has 0 saturated carbocycles. The van der Waals surface area contributed by atoms with Crippen LogP contribution in [0.5, 0.6) is 11.5 Å². The number of guanidine groups is 1. The third-order valence-corrected chi connectivity index (χ3v) is 4.53. The second-order valence-electron chi connectivity index (χ2n) is 6.95. The van der Waals surface area contributed by atoms with Crippen LogP contribution in [-0.2, 0) is 19.0 Å². The Bertz CT molecular complexity index is 774. The fourth-order valence-corrected chi connectivity index (χ4v) is 2.72. The number of aromatic nitrogens is 2. The number of ether oxygens (including phenoxy) is 2. The molecule has 1 aromatic carbocycles. The molecule has 0 spiro atoms. The van der Waals surface area contributed by atoms with Crippen molar-refractivity contribution >= 4 is 29.9 Å².